The summed E-state index contributed by atoms with van der Waals surface area (Å²) < 4.78 is 5.32. The molecule has 0 atom stereocenters. The Labute approximate surface area is 334 Å². The molecule has 158 valence electrons. The zero-order valence-corrected chi connectivity index (χ0v) is 35.1. The molecular formula is C21H32N3O4Rb3. The second-order valence-corrected chi connectivity index (χ2v) is 6.13. The average Bonchev–Trinajstić information content (AvgIpc) is 2.65. The number of hydrogen-bond donors (Lipinski definition) is 0. The van der Waals surface area contributed by atoms with Crippen LogP contribution in [0.25, 0.3) is 16.0 Å². The number of para-hydroxylation sites is 1. The molecule has 0 unspecified atom stereocenters. The van der Waals surface area contributed by atoms with Crippen LogP contribution < -0.4 is 175 Å². The zero-order chi connectivity index (χ0) is 21.2. The quantitative estimate of drug-likeness (QED) is 0.170. The fourth-order valence-electron chi connectivity index (χ4n) is 1.99. The van der Waals surface area contributed by atoms with Gasteiger partial charge in [0.1, 0.15) is 0 Å². The van der Waals surface area contributed by atoms with Gasteiger partial charge in [0.2, 0.25) is 0 Å². The summed E-state index contributed by atoms with van der Waals surface area (Å²) in [7, 11) is 0. The van der Waals surface area contributed by atoms with E-state index in [0.717, 1.165) is 0 Å². The van der Waals surface area contributed by atoms with Crippen molar-refractivity contribution in [1.29, 1.82) is 0 Å². The molecule has 0 bridgehead atoms. The zero-order valence-electron chi connectivity index (χ0n) is 20.4. The molecule has 0 heterocycles. The molecule has 31 heavy (non-hydrogen) atoms. The van der Waals surface area contributed by atoms with Crippen molar-refractivity contribution in [2.45, 2.75) is 47.0 Å². The van der Waals surface area contributed by atoms with Gasteiger partial charge in [-0.05, 0) is 18.8 Å². The fourth-order valence-corrected chi connectivity index (χ4v) is 1.99. The van der Waals surface area contributed by atoms with Gasteiger partial charge in [-0.1, -0.05) is 58.0 Å². The van der Waals surface area contributed by atoms with Crippen LogP contribution in [0.5, 0.6) is 0 Å². The Bertz CT molecular complexity index is 576. The molecular weight excluding hydrogens is 615 g/mol. The van der Waals surface area contributed by atoms with Crippen LogP contribution in [0, 0.1) is 5.92 Å². The molecule has 0 saturated carbocycles. The van der Waals surface area contributed by atoms with E-state index in [4.69, 9.17) is 4.74 Å². The maximum absolute atomic E-state index is 11.6. The molecule has 10 heteroatoms. The summed E-state index contributed by atoms with van der Waals surface area (Å²) in [5.41, 5.74) is 0.519. The average molecular weight is 647 g/mol. The maximum atomic E-state index is 11.6. The number of amides is 3. The van der Waals surface area contributed by atoms with E-state index in [-0.39, 0.29) is 200 Å². The minimum Gasteiger partial charge on any atom is -0.653 e. The number of hydrogen-bond acceptors (Lipinski definition) is 4. The molecule has 3 amide bonds. The van der Waals surface area contributed by atoms with Crippen LogP contribution >= 0.6 is 0 Å². The Kier molecular flexibility index (Phi) is 38.8. The molecule has 1 rings (SSSR count). The third-order valence-electron chi connectivity index (χ3n) is 3.15. The molecule has 0 N–H and O–H groups in total. The normalized spacial score (nSPS) is 8.94. The number of carbonyl (C=O) groups excluding carboxylic acids is 3. The summed E-state index contributed by atoms with van der Waals surface area (Å²) in [4.78, 5) is 34.6. The van der Waals surface area contributed by atoms with Crippen molar-refractivity contribution < 1.29 is 194 Å². The van der Waals surface area contributed by atoms with Crippen molar-refractivity contribution in [2.75, 3.05) is 26.3 Å². The Morgan fingerprint density at radius 2 is 1.42 bits per heavy atom. The SMILES string of the molecule is CC.CC(C)CC(=O)[N-]CCCOCC[N-]C(=O)CC(=O)[N-]c1ccccc1.[Rb+].[Rb+].[Rb+]. The van der Waals surface area contributed by atoms with Gasteiger partial charge in [0, 0.05) is 19.6 Å². The van der Waals surface area contributed by atoms with Crippen molar-refractivity contribution in [3.8, 4) is 0 Å². The van der Waals surface area contributed by atoms with Crippen molar-refractivity contribution >= 4 is 23.4 Å². The third-order valence-corrected chi connectivity index (χ3v) is 3.15. The predicted octanol–water partition coefficient (Wildman–Crippen LogP) is -4.10. The van der Waals surface area contributed by atoms with Gasteiger partial charge in [0.25, 0.3) is 0 Å². The standard InChI is InChI=1S/C19H29N3O4.C2H6.3Rb/c1-15(2)13-17(23)20-9-6-11-26-12-10-21-18(24)14-19(25)22-16-7-4-3-5-8-16;1-2;;;/h3-5,7-8,15H,6,9-14H2,1-2H3,(H3,20,21,22,23,24,25);1-2H3;;;/q;;3*+1/p-3. The minimum absolute atomic E-state index is 0. The van der Waals surface area contributed by atoms with Crippen LogP contribution in [0.3, 0.4) is 0 Å². The first-order valence-electron chi connectivity index (χ1n) is 9.75. The van der Waals surface area contributed by atoms with Crippen LogP contribution in [0.4, 0.5) is 5.69 Å². The molecule has 0 aliphatic rings. The van der Waals surface area contributed by atoms with Crippen LogP contribution in [0.15, 0.2) is 30.3 Å². The second kappa shape index (κ2) is 29.2. The van der Waals surface area contributed by atoms with Gasteiger partial charge in [-0.25, -0.2) is 0 Å². The summed E-state index contributed by atoms with van der Waals surface area (Å²) >= 11 is 0. The first-order chi connectivity index (χ1) is 13.5. The number of rotatable bonds is 12. The van der Waals surface area contributed by atoms with Gasteiger partial charge in [-0.15, -0.1) is 18.8 Å². The van der Waals surface area contributed by atoms with Gasteiger partial charge >= 0.3 is 175 Å². The molecule has 0 spiro atoms. The monoisotopic (exact) mass is 645 g/mol. The first-order valence-corrected chi connectivity index (χ1v) is 9.75. The summed E-state index contributed by atoms with van der Waals surface area (Å²) in [5.74, 6) is -0.786. The summed E-state index contributed by atoms with van der Waals surface area (Å²) in [6.07, 6.45) is 0.773. The first kappa shape index (κ1) is 41.1. The predicted molar refractivity (Wildman–Crippen MR) is 112 cm³/mol. The van der Waals surface area contributed by atoms with E-state index in [0.29, 0.717) is 37.6 Å². The topological polar surface area (TPSA) is 103 Å². The van der Waals surface area contributed by atoms with E-state index in [1.165, 1.54) is 0 Å². The van der Waals surface area contributed by atoms with Crippen molar-refractivity contribution in [1.82, 2.24) is 0 Å². The molecule has 0 aliphatic carbocycles. The molecule has 7 nitrogen and oxygen atoms in total. The van der Waals surface area contributed by atoms with E-state index in [1.807, 2.05) is 33.8 Å². The molecule has 0 radical (unpaired) electrons. The van der Waals surface area contributed by atoms with E-state index in [9.17, 15) is 14.4 Å². The molecule has 0 aromatic heterocycles. The van der Waals surface area contributed by atoms with Gasteiger partial charge in [-0.3, -0.25) is 0 Å². The largest absolute Gasteiger partial charge is 1.00 e. The number of carbonyl (C=O) groups is 3. The number of benzene rings is 1. The molecule has 0 fully saturated rings. The van der Waals surface area contributed by atoms with Crippen LogP contribution in [-0.2, 0) is 19.1 Å². The Morgan fingerprint density at radius 3 is 2.00 bits per heavy atom. The second-order valence-electron chi connectivity index (χ2n) is 6.13. The van der Waals surface area contributed by atoms with Crippen LogP contribution in [0.2, 0.25) is 0 Å². The summed E-state index contributed by atoms with van der Waals surface area (Å²) in [5, 5.41) is 11.5. The van der Waals surface area contributed by atoms with Crippen LogP contribution in [0.1, 0.15) is 47.0 Å². The summed E-state index contributed by atoms with van der Waals surface area (Å²) in [6.45, 7) is 9.33. The van der Waals surface area contributed by atoms with E-state index < -0.39 is 11.8 Å². The molecule has 0 saturated heterocycles. The van der Waals surface area contributed by atoms with Gasteiger partial charge in [0.15, 0.2) is 0 Å². The summed E-state index contributed by atoms with van der Waals surface area (Å²) in [6, 6.07) is 8.74. The van der Waals surface area contributed by atoms with E-state index in [2.05, 4.69) is 16.0 Å². The van der Waals surface area contributed by atoms with Gasteiger partial charge in [-0.2, -0.15) is 0 Å². The Balaban J connectivity index is -0.000000707. The third kappa shape index (κ3) is 27.4. The van der Waals surface area contributed by atoms with Crippen LogP contribution in [-0.4, -0.2) is 44.0 Å². The maximum Gasteiger partial charge on any atom is 1.00 e. The smallest absolute Gasteiger partial charge is 0.653 e. The molecule has 1 aromatic carbocycles. The van der Waals surface area contributed by atoms with E-state index in [1.54, 1.807) is 24.3 Å². The fraction of sp³-hybridized carbons (Fsp3) is 0.571. The number of ether oxygens (including phenoxy) is 1. The molecule has 0 aliphatic heterocycles. The Hall–Kier alpha value is 3.01. The van der Waals surface area contributed by atoms with E-state index >= 15 is 0 Å². The van der Waals surface area contributed by atoms with Gasteiger partial charge in [0.05, 0.1) is 17.7 Å². The van der Waals surface area contributed by atoms with Crippen molar-refractivity contribution in [2.24, 2.45) is 5.92 Å². The Morgan fingerprint density at radius 1 is 0.839 bits per heavy atom. The number of nitrogens with zero attached hydrogens (tertiary/aromatic N) is 3. The minimum atomic E-state index is -0.515. The van der Waals surface area contributed by atoms with Crippen molar-refractivity contribution in [3.05, 3.63) is 46.3 Å². The molecule has 1 aromatic rings. The van der Waals surface area contributed by atoms with Crippen molar-refractivity contribution in [3.63, 3.8) is 0 Å². The van der Waals surface area contributed by atoms with Gasteiger partial charge < -0.3 is 35.1 Å².